The van der Waals surface area contributed by atoms with Crippen LogP contribution in [0.1, 0.15) is 25.8 Å². The lowest BCUT2D eigenvalue weighted by atomic mass is 10.2. The Morgan fingerprint density at radius 3 is 3.00 bits per heavy atom. The van der Waals surface area contributed by atoms with Crippen LogP contribution in [0, 0.1) is 0 Å². The summed E-state index contributed by atoms with van der Waals surface area (Å²) in [5.74, 6) is -0.776. The molecule has 0 fully saturated rings. The Morgan fingerprint density at radius 2 is 2.50 bits per heavy atom. The SMILES string of the molecule is CC(CCC(=O)O)n1cncn1. The average Bonchev–Trinajstić information content (AvgIpc) is 2.51. The molecule has 1 aromatic rings. The van der Waals surface area contributed by atoms with E-state index in [0.717, 1.165) is 0 Å². The van der Waals surface area contributed by atoms with Gasteiger partial charge in [0.2, 0.25) is 0 Å². The molecule has 0 amide bonds. The monoisotopic (exact) mass is 169 g/mol. The van der Waals surface area contributed by atoms with Crippen molar-refractivity contribution in [2.45, 2.75) is 25.8 Å². The number of hydrogen-bond acceptors (Lipinski definition) is 3. The smallest absolute Gasteiger partial charge is 0.303 e. The van der Waals surface area contributed by atoms with Gasteiger partial charge in [-0.05, 0) is 13.3 Å². The van der Waals surface area contributed by atoms with E-state index in [-0.39, 0.29) is 12.5 Å². The second-order valence-electron chi connectivity index (χ2n) is 2.66. The van der Waals surface area contributed by atoms with E-state index in [4.69, 9.17) is 5.11 Å². The van der Waals surface area contributed by atoms with Crippen molar-refractivity contribution in [3.63, 3.8) is 0 Å². The van der Waals surface area contributed by atoms with E-state index in [9.17, 15) is 4.79 Å². The van der Waals surface area contributed by atoms with Crippen molar-refractivity contribution in [2.24, 2.45) is 0 Å². The molecule has 1 heterocycles. The predicted octanol–water partition coefficient (Wildman–Crippen LogP) is 0.704. The zero-order valence-corrected chi connectivity index (χ0v) is 6.84. The Kier molecular flexibility index (Phi) is 2.79. The summed E-state index contributed by atoms with van der Waals surface area (Å²) in [6.07, 6.45) is 3.78. The van der Waals surface area contributed by atoms with Crippen LogP contribution in [0.4, 0.5) is 0 Å². The van der Waals surface area contributed by atoms with Crippen molar-refractivity contribution < 1.29 is 9.90 Å². The zero-order chi connectivity index (χ0) is 8.97. The number of nitrogens with zero attached hydrogens (tertiary/aromatic N) is 3. The number of carboxylic acids is 1. The quantitative estimate of drug-likeness (QED) is 0.720. The Balaban J connectivity index is 2.39. The average molecular weight is 169 g/mol. The molecule has 1 aromatic heterocycles. The summed E-state index contributed by atoms with van der Waals surface area (Å²) in [6.45, 7) is 1.91. The molecule has 1 atom stereocenters. The van der Waals surface area contributed by atoms with Gasteiger partial charge in [0.15, 0.2) is 0 Å². The molecule has 0 saturated heterocycles. The maximum atomic E-state index is 10.2. The number of aliphatic carboxylic acids is 1. The summed E-state index contributed by atoms with van der Waals surface area (Å²) in [5.41, 5.74) is 0. The first-order chi connectivity index (χ1) is 5.70. The van der Waals surface area contributed by atoms with Crippen LogP contribution in [-0.4, -0.2) is 25.8 Å². The van der Waals surface area contributed by atoms with Gasteiger partial charge in [0, 0.05) is 6.42 Å². The summed E-state index contributed by atoms with van der Waals surface area (Å²) in [6, 6.07) is 0.101. The van der Waals surface area contributed by atoms with E-state index in [2.05, 4.69) is 10.1 Å². The molecule has 66 valence electrons. The van der Waals surface area contributed by atoms with Gasteiger partial charge >= 0.3 is 5.97 Å². The van der Waals surface area contributed by atoms with E-state index in [0.29, 0.717) is 6.42 Å². The third kappa shape index (κ3) is 2.34. The minimum Gasteiger partial charge on any atom is -0.481 e. The Bertz CT molecular complexity index is 245. The molecular weight excluding hydrogens is 158 g/mol. The number of carbonyl (C=O) groups is 1. The molecule has 0 radical (unpaired) electrons. The normalized spacial score (nSPS) is 12.8. The number of carboxylic acid groups (broad SMARTS) is 1. The topological polar surface area (TPSA) is 68.0 Å². The largest absolute Gasteiger partial charge is 0.481 e. The molecule has 5 nitrogen and oxygen atoms in total. The zero-order valence-electron chi connectivity index (χ0n) is 6.84. The maximum absolute atomic E-state index is 10.2. The van der Waals surface area contributed by atoms with Crippen LogP contribution < -0.4 is 0 Å². The second kappa shape index (κ2) is 3.85. The molecule has 0 aliphatic rings. The van der Waals surface area contributed by atoms with Crippen LogP contribution in [0.3, 0.4) is 0 Å². The highest BCUT2D eigenvalue weighted by atomic mass is 16.4. The molecule has 1 rings (SSSR count). The number of rotatable bonds is 4. The fraction of sp³-hybridized carbons (Fsp3) is 0.571. The minimum atomic E-state index is -0.776. The fourth-order valence-electron chi connectivity index (χ4n) is 0.910. The van der Waals surface area contributed by atoms with Crippen LogP contribution in [-0.2, 0) is 4.79 Å². The second-order valence-corrected chi connectivity index (χ2v) is 2.66. The van der Waals surface area contributed by atoms with Gasteiger partial charge in [-0.15, -0.1) is 0 Å². The summed E-state index contributed by atoms with van der Waals surface area (Å²) >= 11 is 0. The molecule has 0 aliphatic heterocycles. The van der Waals surface area contributed by atoms with Crippen LogP contribution in [0.2, 0.25) is 0 Å². The van der Waals surface area contributed by atoms with Crippen LogP contribution in [0.15, 0.2) is 12.7 Å². The molecule has 5 heteroatoms. The van der Waals surface area contributed by atoms with Crippen molar-refractivity contribution in [3.8, 4) is 0 Å². The molecule has 0 bridgehead atoms. The summed E-state index contributed by atoms with van der Waals surface area (Å²) < 4.78 is 1.66. The molecule has 0 spiro atoms. The van der Waals surface area contributed by atoms with Gasteiger partial charge < -0.3 is 5.11 Å². The van der Waals surface area contributed by atoms with Crippen molar-refractivity contribution in [3.05, 3.63) is 12.7 Å². The molecular formula is C7H11N3O2. The standard InChI is InChI=1S/C7H11N3O2/c1-6(2-3-7(11)12)10-5-8-4-9-10/h4-6H,2-3H2,1H3,(H,11,12). The Morgan fingerprint density at radius 1 is 1.75 bits per heavy atom. The number of aromatic nitrogens is 3. The first kappa shape index (κ1) is 8.70. The van der Waals surface area contributed by atoms with Crippen molar-refractivity contribution in [2.75, 3.05) is 0 Å². The molecule has 0 aromatic carbocycles. The highest BCUT2D eigenvalue weighted by molar-refractivity contribution is 5.66. The van der Waals surface area contributed by atoms with Crippen LogP contribution >= 0.6 is 0 Å². The van der Waals surface area contributed by atoms with Crippen molar-refractivity contribution in [1.82, 2.24) is 14.8 Å². The highest BCUT2D eigenvalue weighted by Crippen LogP contribution is 2.09. The lowest BCUT2D eigenvalue weighted by Gasteiger charge is -2.08. The van der Waals surface area contributed by atoms with E-state index in [1.807, 2.05) is 6.92 Å². The lowest BCUT2D eigenvalue weighted by Crippen LogP contribution is -2.07. The third-order valence-electron chi connectivity index (χ3n) is 1.66. The molecule has 0 saturated carbocycles. The Labute approximate surface area is 70.0 Å². The summed E-state index contributed by atoms with van der Waals surface area (Å²) in [7, 11) is 0. The van der Waals surface area contributed by atoms with Crippen LogP contribution in [0.5, 0.6) is 0 Å². The van der Waals surface area contributed by atoms with Gasteiger partial charge in [-0.1, -0.05) is 0 Å². The van der Waals surface area contributed by atoms with Crippen molar-refractivity contribution in [1.29, 1.82) is 0 Å². The van der Waals surface area contributed by atoms with Gasteiger partial charge in [-0.25, -0.2) is 4.98 Å². The van der Waals surface area contributed by atoms with Gasteiger partial charge in [0.25, 0.3) is 0 Å². The first-order valence-electron chi connectivity index (χ1n) is 3.76. The van der Waals surface area contributed by atoms with E-state index < -0.39 is 5.97 Å². The summed E-state index contributed by atoms with van der Waals surface area (Å²) in [5, 5.41) is 12.3. The first-order valence-corrected chi connectivity index (χ1v) is 3.76. The Hall–Kier alpha value is -1.39. The van der Waals surface area contributed by atoms with Crippen LogP contribution in [0.25, 0.3) is 0 Å². The predicted molar refractivity (Wildman–Crippen MR) is 41.6 cm³/mol. The fourth-order valence-corrected chi connectivity index (χ4v) is 0.910. The van der Waals surface area contributed by atoms with E-state index in [1.54, 1.807) is 11.0 Å². The minimum absolute atomic E-state index is 0.101. The molecule has 1 N–H and O–H groups in total. The molecule has 1 unspecified atom stereocenters. The molecule has 12 heavy (non-hydrogen) atoms. The maximum Gasteiger partial charge on any atom is 0.303 e. The van der Waals surface area contributed by atoms with Gasteiger partial charge in [-0.3, -0.25) is 9.48 Å². The van der Waals surface area contributed by atoms with Crippen molar-refractivity contribution >= 4 is 5.97 Å². The third-order valence-corrected chi connectivity index (χ3v) is 1.66. The van der Waals surface area contributed by atoms with E-state index >= 15 is 0 Å². The lowest BCUT2D eigenvalue weighted by molar-refractivity contribution is -0.137. The highest BCUT2D eigenvalue weighted by Gasteiger charge is 2.06. The summed E-state index contributed by atoms with van der Waals surface area (Å²) in [4.78, 5) is 14.0. The van der Waals surface area contributed by atoms with Gasteiger partial charge in [-0.2, -0.15) is 5.10 Å². The van der Waals surface area contributed by atoms with Gasteiger partial charge in [0.1, 0.15) is 12.7 Å². The van der Waals surface area contributed by atoms with Gasteiger partial charge in [0.05, 0.1) is 6.04 Å². The van der Waals surface area contributed by atoms with E-state index in [1.165, 1.54) is 6.33 Å². The number of hydrogen-bond donors (Lipinski definition) is 1. The molecule has 0 aliphatic carbocycles.